The van der Waals surface area contributed by atoms with E-state index in [9.17, 15) is 4.79 Å². The van der Waals surface area contributed by atoms with Gasteiger partial charge in [-0.3, -0.25) is 10.1 Å². The molecule has 0 aromatic heterocycles. The van der Waals surface area contributed by atoms with E-state index in [0.29, 0.717) is 18.4 Å². The van der Waals surface area contributed by atoms with Gasteiger partial charge in [0, 0.05) is 16.7 Å². The van der Waals surface area contributed by atoms with Crippen LogP contribution in [0.2, 0.25) is 0 Å². The third-order valence-corrected chi connectivity index (χ3v) is 4.74. The van der Waals surface area contributed by atoms with Crippen molar-refractivity contribution in [3.05, 3.63) is 24.3 Å². The van der Waals surface area contributed by atoms with Crippen molar-refractivity contribution in [2.45, 2.75) is 43.2 Å². The second-order valence-corrected chi connectivity index (χ2v) is 6.48. The van der Waals surface area contributed by atoms with Crippen LogP contribution in [0, 0.1) is 0 Å². The van der Waals surface area contributed by atoms with Gasteiger partial charge in [0.1, 0.15) is 11.3 Å². The van der Waals surface area contributed by atoms with Gasteiger partial charge < -0.3 is 9.47 Å². The lowest BCUT2D eigenvalue weighted by Gasteiger charge is -2.28. The van der Waals surface area contributed by atoms with Crippen LogP contribution < -0.4 is 10.1 Å². The van der Waals surface area contributed by atoms with Gasteiger partial charge in [0.05, 0.1) is 13.7 Å². The highest BCUT2D eigenvalue weighted by Crippen LogP contribution is 2.29. The molecule has 0 amide bonds. The first-order valence-corrected chi connectivity index (χ1v) is 8.27. The zero-order valence-electron chi connectivity index (χ0n) is 12.8. The highest BCUT2D eigenvalue weighted by molar-refractivity contribution is 7.99. The van der Waals surface area contributed by atoms with Crippen LogP contribution in [0.25, 0.3) is 0 Å². The molecule has 0 heterocycles. The zero-order chi connectivity index (χ0) is 15.3. The average Bonchev–Trinajstić information content (AvgIpc) is 3.30. The number of carbonyl (C=O) groups is 1. The number of carbonyl (C=O) groups excluding carboxylic acids is 1. The molecule has 21 heavy (non-hydrogen) atoms. The van der Waals surface area contributed by atoms with Gasteiger partial charge in [-0.05, 0) is 51.0 Å². The highest BCUT2D eigenvalue weighted by atomic mass is 32.2. The van der Waals surface area contributed by atoms with Crippen molar-refractivity contribution in [2.24, 2.45) is 0 Å². The molecule has 1 aromatic rings. The summed E-state index contributed by atoms with van der Waals surface area (Å²) in [6.07, 6.45) is 2.28. The molecule has 1 fully saturated rings. The molecule has 4 nitrogen and oxygen atoms in total. The summed E-state index contributed by atoms with van der Waals surface area (Å²) in [4.78, 5) is 13.3. The Hall–Kier alpha value is -1.20. The van der Waals surface area contributed by atoms with Crippen LogP contribution >= 0.6 is 11.8 Å². The third kappa shape index (κ3) is 4.64. The van der Waals surface area contributed by atoms with Gasteiger partial charge in [0.2, 0.25) is 0 Å². The minimum Gasteiger partial charge on any atom is -0.497 e. The lowest BCUT2D eigenvalue weighted by molar-refractivity contribution is -0.149. The summed E-state index contributed by atoms with van der Waals surface area (Å²) in [7, 11) is 1.65. The molecule has 0 saturated heterocycles. The smallest absolute Gasteiger partial charge is 0.326 e. The molecule has 0 bridgehead atoms. The predicted octanol–water partition coefficient (Wildman–Crippen LogP) is 2.86. The summed E-state index contributed by atoms with van der Waals surface area (Å²) in [5.41, 5.74) is -0.637. The van der Waals surface area contributed by atoms with Crippen LogP contribution in [0.5, 0.6) is 5.75 Å². The van der Waals surface area contributed by atoms with Gasteiger partial charge in [-0.2, -0.15) is 0 Å². The van der Waals surface area contributed by atoms with Crippen molar-refractivity contribution in [3.8, 4) is 5.75 Å². The number of methoxy groups -OCH3 is 1. The number of hydrogen-bond donors (Lipinski definition) is 1. The first-order valence-electron chi connectivity index (χ1n) is 7.29. The Morgan fingerprint density at radius 2 is 2.05 bits per heavy atom. The van der Waals surface area contributed by atoms with E-state index in [1.165, 1.54) is 0 Å². The Morgan fingerprint density at radius 3 is 2.57 bits per heavy atom. The molecule has 1 aliphatic carbocycles. The number of ether oxygens (including phenoxy) is 2. The number of rotatable bonds is 8. The van der Waals surface area contributed by atoms with E-state index in [2.05, 4.69) is 5.32 Å². The maximum absolute atomic E-state index is 12.2. The van der Waals surface area contributed by atoms with E-state index >= 15 is 0 Å². The van der Waals surface area contributed by atoms with E-state index in [0.717, 1.165) is 23.5 Å². The second-order valence-electron chi connectivity index (χ2n) is 5.44. The first-order chi connectivity index (χ1) is 10.1. The Bertz CT molecular complexity index is 473. The van der Waals surface area contributed by atoms with Crippen molar-refractivity contribution in [1.82, 2.24) is 5.32 Å². The van der Waals surface area contributed by atoms with Crippen molar-refractivity contribution in [1.29, 1.82) is 0 Å². The van der Waals surface area contributed by atoms with Crippen LogP contribution in [-0.4, -0.2) is 37.0 Å². The van der Waals surface area contributed by atoms with Crippen molar-refractivity contribution in [3.63, 3.8) is 0 Å². The number of thioether (sulfide) groups is 1. The Morgan fingerprint density at radius 1 is 1.38 bits per heavy atom. The third-order valence-electron chi connectivity index (χ3n) is 3.41. The van der Waals surface area contributed by atoms with Gasteiger partial charge in [-0.15, -0.1) is 11.8 Å². The van der Waals surface area contributed by atoms with E-state index < -0.39 is 5.54 Å². The minimum atomic E-state index is -0.637. The van der Waals surface area contributed by atoms with Crippen LogP contribution in [-0.2, 0) is 9.53 Å². The maximum Gasteiger partial charge on any atom is 0.326 e. The fraction of sp³-hybridized carbons (Fsp3) is 0.562. The minimum absolute atomic E-state index is 0.169. The topological polar surface area (TPSA) is 47.6 Å². The quantitative estimate of drug-likeness (QED) is 0.591. The molecule has 0 spiro atoms. The van der Waals surface area contributed by atoms with Crippen molar-refractivity contribution >= 4 is 17.7 Å². The lowest BCUT2D eigenvalue weighted by atomic mass is 10.1. The largest absolute Gasteiger partial charge is 0.497 e. The van der Waals surface area contributed by atoms with E-state index in [1.54, 1.807) is 18.9 Å². The molecule has 1 atom stereocenters. The SMILES string of the molecule is CCOC(=O)C(C)(CSc1ccc(OC)cc1)NC1CC1. The van der Waals surface area contributed by atoms with Crippen LogP contribution in [0.1, 0.15) is 26.7 Å². The van der Waals surface area contributed by atoms with E-state index in [4.69, 9.17) is 9.47 Å². The van der Waals surface area contributed by atoms with Gasteiger partial charge in [0.15, 0.2) is 0 Å². The number of hydrogen-bond acceptors (Lipinski definition) is 5. The van der Waals surface area contributed by atoms with Gasteiger partial charge in [-0.25, -0.2) is 0 Å². The number of benzene rings is 1. The molecule has 5 heteroatoms. The predicted molar refractivity (Wildman–Crippen MR) is 84.9 cm³/mol. The Labute approximate surface area is 130 Å². The fourth-order valence-electron chi connectivity index (χ4n) is 2.03. The summed E-state index contributed by atoms with van der Waals surface area (Å²) in [6.45, 7) is 4.18. The average molecular weight is 309 g/mol. The van der Waals surface area contributed by atoms with Gasteiger partial charge >= 0.3 is 5.97 Å². The maximum atomic E-state index is 12.2. The van der Waals surface area contributed by atoms with Crippen LogP contribution in [0.3, 0.4) is 0 Å². The van der Waals surface area contributed by atoms with E-state index in [1.807, 2.05) is 38.1 Å². The van der Waals surface area contributed by atoms with E-state index in [-0.39, 0.29) is 5.97 Å². The standard InChI is InChI=1S/C16H23NO3S/c1-4-20-15(18)16(2,17-12-5-6-12)11-21-14-9-7-13(19-3)8-10-14/h7-10,12,17H,4-6,11H2,1-3H3. The Kier molecular flexibility index (Phi) is 5.53. The molecular formula is C16H23NO3S. The zero-order valence-corrected chi connectivity index (χ0v) is 13.7. The molecule has 0 aliphatic heterocycles. The fourth-order valence-corrected chi connectivity index (χ4v) is 3.01. The molecule has 1 N–H and O–H groups in total. The summed E-state index contributed by atoms with van der Waals surface area (Å²) >= 11 is 1.65. The molecule has 1 unspecified atom stereocenters. The molecule has 1 saturated carbocycles. The van der Waals surface area contributed by atoms with Gasteiger partial charge in [-0.1, -0.05) is 0 Å². The number of nitrogens with one attached hydrogen (secondary N) is 1. The second kappa shape index (κ2) is 7.18. The first kappa shape index (κ1) is 16.2. The molecule has 116 valence electrons. The molecular weight excluding hydrogens is 286 g/mol. The molecule has 0 radical (unpaired) electrons. The normalized spacial score (nSPS) is 17.1. The van der Waals surface area contributed by atoms with Crippen LogP contribution in [0.4, 0.5) is 0 Å². The highest BCUT2D eigenvalue weighted by Gasteiger charge is 2.39. The molecule has 1 aromatic carbocycles. The summed E-state index contributed by atoms with van der Waals surface area (Å²) in [5.74, 6) is 1.32. The number of esters is 1. The molecule has 1 aliphatic rings. The summed E-state index contributed by atoms with van der Waals surface area (Å²) < 4.78 is 10.4. The monoisotopic (exact) mass is 309 g/mol. The van der Waals surface area contributed by atoms with Crippen LogP contribution in [0.15, 0.2) is 29.2 Å². The van der Waals surface area contributed by atoms with Crippen molar-refractivity contribution in [2.75, 3.05) is 19.5 Å². The lowest BCUT2D eigenvalue weighted by Crippen LogP contribution is -2.53. The van der Waals surface area contributed by atoms with Gasteiger partial charge in [0.25, 0.3) is 0 Å². The Balaban J connectivity index is 1.98. The summed E-state index contributed by atoms with van der Waals surface area (Å²) in [5, 5.41) is 3.42. The van der Waals surface area contributed by atoms with Crippen molar-refractivity contribution < 1.29 is 14.3 Å². The molecule has 2 rings (SSSR count). The summed E-state index contributed by atoms with van der Waals surface area (Å²) in [6, 6.07) is 8.32.